The van der Waals surface area contributed by atoms with Crippen LogP contribution in [-0.4, -0.2) is 38.6 Å². The van der Waals surface area contributed by atoms with Crippen LogP contribution in [0.15, 0.2) is 95.2 Å². The van der Waals surface area contributed by atoms with E-state index in [2.05, 4.69) is 82.2 Å². The maximum Gasteiger partial charge on any atom is 0.190 e. The van der Waals surface area contributed by atoms with Gasteiger partial charge in [0.2, 0.25) is 0 Å². The lowest BCUT2D eigenvalue weighted by Gasteiger charge is -2.25. The maximum atomic E-state index is 5.82. The van der Waals surface area contributed by atoms with E-state index < -0.39 is 0 Å². The van der Waals surface area contributed by atoms with E-state index >= 15 is 0 Å². The molecule has 7 heteroatoms. The number of nitrogens with one attached hydrogen (secondary N) is 1. The molecule has 0 spiro atoms. The first kappa shape index (κ1) is 22.5. The van der Waals surface area contributed by atoms with Crippen molar-refractivity contribution in [2.24, 2.45) is 5.10 Å². The van der Waals surface area contributed by atoms with Crippen molar-refractivity contribution in [3.8, 4) is 0 Å². The van der Waals surface area contributed by atoms with E-state index in [0.717, 1.165) is 47.3 Å². The standard InChI is InChI=1S/C27H25N5S2/c1-34-22-10-7-20(8-11-22)24-18-26(21-9-12-23-25(17-21)29-16-15-28-23)32(31-24)27(33)30-14-13-19-5-3-2-4-6-19/h2-12,15-17,26H,13-14,18H2,1H3,(H,30,33)/t26-/m1/s1. The van der Waals surface area contributed by atoms with Crippen molar-refractivity contribution in [3.05, 3.63) is 102 Å². The van der Waals surface area contributed by atoms with Gasteiger partial charge in [0, 0.05) is 30.3 Å². The van der Waals surface area contributed by atoms with E-state index in [-0.39, 0.29) is 6.04 Å². The molecule has 4 aromatic rings. The van der Waals surface area contributed by atoms with Crippen LogP contribution in [0.2, 0.25) is 0 Å². The van der Waals surface area contributed by atoms with Crippen molar-refractivity contribution in [1.29, 1.82) is 0 Å². The Morgan fingerprint density at radius 1 is 1.00 bits per heavy atom. The summed E-state index contributed by atoms with van der Waals surface area (Å²) in [5.41, 5.74) is 6.32. The van der Waals surface area contributed by atoms with Gasteiger partial charge < -0.3 is 5.32 Å². The van der Waals surface area contributed by atoms with Gasteiger partial charge in [-0.3, -0.25) is 9.97 Å². The number of hydrogen-bond acceptors (Lipinski definition) is 5. The van der Waals surface area contributed by atoms with Crippen LogP contribution in [0.4, 0.5) is 0 Å². The monoisotopic (exact) mass is 483 g/mol. The fourth-order valence-corrected chi connectivity index (χ4v) is 4.82. The number of thiocarbonyl (C=S) groups is 1. The van der Waals surface area contributed by atoms with E-state index in [4.69, 9.17) is 17.3 Å². The van der Waals surface area contributed by atoms with E-state index in [1.165, 1.54) is 10.5 Å². The van der Waals surface area contributed by atoms with Crippen LogP contribution < -0.4 is 5.32 Å². The second-order valence-corrected chi connectivity index (χ2v) is 9.38. The number of hydrogen-bond donors (Lipinski definition) is 1. The van der Waals surface area contributed by atoms with E-state index in [0.29, 0.717) is 5.11 Å². The largest absolute Gasteiger partial charge is 0.361 e. The van der Waals surface area contributed by atoms with Gasteiger partial charge >= 0.3 is 0 Å². The number of benzene rings is 3. The SMILES string of the molecule is CSc1ccc(C2=NN(C(=S)NCCc3ccccc3)[C@@H](c3ccc4nccnc4c3)C2)cc1. The molecule has 5 rings (SSSR count). The second kappa shape index (κ2) is 10.3. The summed E-state index contributed by atoms with van der Waals surface area (Å²) in [4.78, 5) is 10.1. The van der Waals surface area contributed by atoms with Crippen molar-refractivity contribution in [2.45, 2.75) is 23.8 Å². The predicted octanol–water partition coefficient (Wildman–Crippen LogP) is 5.62. The van der Waals surface area contributed by atoms with Crippen molar-refractivity contribution < 1.29 is 0 Å². The van der Waals surface area contributed by atoms with Crippen LogP contribution in [0.25, 0.3) is 11.0 Å². The quantitative estimate of drug-likeness (QED) is 0.284. The molecule has 1 atom stereocenters. The fourth-order valence-electron chi connectivity index (χ4n) is 4.14. The molecule has 0 radical (unpaired) electrons. The van der Waals surface area contributed by atoms with Gasteiger partial charge in [-0.25, -0.2) is 5.01 Å². The average molecular weight is 484 g/mol. The van der Waals surface area contributed by atoms with Crippen molar-refractivity contribution in [1.82, 2.24) is 20.3 Å². The summed E-state index contributed by atoms with van der Waals surface area (Å²) < 4.78 is 0. The smallest absolute Gasteiger partial charge is 0.190 e. The number of rotatable bonds is 6. The highest BCUT2D eigenvalue weighted by molar-refractivity contribution is 7.98. The molecule has 0 bridgehead atoms. The van der Waals surface area contributed by atoms with Crippen LogP contribution in [-0.2, 0) is 6.42 Å². The summed E-state index contributed by atoms with van der Waals surface area (Å²) in [5, 5.41) is 11.0. The molecule has 170 valence electrons. The molecule has 0 amide bonds. The maximum absolute atomic E-state index is 5.82. The van der Waals surface area contributed by atoms with Gasteiger partial charge in [0.1, 0.15) is 0 Å². The summed E-state index contributed by atoms with van der Waals surface area (Å²) in [5.74, 6) is 0. The van der Waals surface area contributed by atoms with Crippen LogP contribution in [0.5, 0.6) is 0 Å². The Kier molecular flexibility index (Phi) is 6.83. The molecule has 34 heavy (non-hydrogen) atoms. The van der Waals surface area contributed by atoms with E-state index in [9.17, 15) is 0 Å². The molecule has 5 nitrogen and oxygen atoms in total. The highest BCUT2D eigenvalue weighted by Crippen LogP contribution is 2.34. The third kappa shape index (κ3) is 4.95. The molecule has 3 aromatic carbocycles. The predicted molar refractivity (Wildman–Crippen MR) is 144 cm³/mol. The zero-order valence-corrected chi connectivity index (χ0v) is 20.5. The Morgan fingerprint density at radius 3 is 2.53 bits per heavy atom. The fraction of sp³-hybridized carbons (Fsp3) is 0.185. The van der Waals surface area contributed by atoms with Crippen LogP contribution in [0.3, 0.4) is 0 Å². The first-order chi connectivity index (χ1) is 16.7. The minimum atomic E-state index is -0.00152. The number of hydrazone groups is 1. The van der Waals surface area contributed by atoms with E-state index in [1.54, 1.807) is 24.2 Å². The summed E-state index contributed by atoms with van der Waals surface area (Å²) >= 11 is 7.56. The molecule has 1 N–H and O–H groups in total. The Morgan fingerprint density at radius 2 is 1.76 bits per heavy atom. The first-order valence-electron chi connectivity index (χ1n) is 11.2. The lowest BCUT2D eigenvalue weighted by atomic mass is 9.98. The number of thioether (sulfide) groups is 1. The van der Waals surface area contributed by atoms with Crippen LogP contribution >= 0.6 is 24.0 Å². The average Bonchev–Trinajstić information content (AvgIpc) is 3.35. The Balaban J connectivity index is 1.40. The molecule has 0 aliphatic carbocycles. The zero-order chi connectivity index (χ0) is 23.3. The van der Waals surface area contributed by atoms with Crippen molar-refractivity contribution >= 4 is 45.8 Å². The molecular formula is C27H25N5S2. The molecule has 0 saturated heterocycles. The molecule has 0 unspecified atom stereocenters. The molecular weight excluding hydrogens is 458 g/mol. The zero-order valence-electron chi connectivity index (χ0n) is 18.9. The third-order valence-corrected chi connectivity index (χ3v) is 7.03. The lowest BCUT2D eigenvalue weighted by molar-refractivity contribution is 0.364. The summed E-state index contributed by atoms with van der Waals surface area (Å²) in [7, 11) is 0. The Labute approximate surface area is 209 Å². The number of nitrogens with zero attached hydrogens (tertiary/aromatic N) is 4. The minimum absolute atomic E-state index is 0.00152. The van der Waals surface area contributed by atoms with Crippen LogP contribution in [0.1, 0.15) is 29.2 Å². The summed E-state index contributed by atoms with van der Waals surface area (Å²) in [6.45, 7) is 0.753. The van der Waals surface area contributed by atoms with Gasteiger partial charge in [0.05, 0.1) is 22.8 Å². The Hall–Kier alpha value is -3.29. The van der Waals surface area contributed by atoms with Crippen molar-refractivity contribution in [2.75, 3.05) is 12.8 Å². The third-order valence-electron chi connectivity index (χ3n) is 5.95. The van der Waals surface area contributed by atoms with Crippen LogP contribution in [0, 0.1) is 0 Å². The molecule has 1 aliphatic heterocycles. The lowest BCUT2D eigenvalue weighted by Crippen LogP contribution is -2.37. The molecule has 0 saturated carbocycles. The highest BCUT2D eigenvalue weighted by Gasteiger charge is 2.31. The Bertz CT molecular complexity index is 1320. The van der Waals surface area contributed by atoms with Crippen molar-refractivity contribution in [3.63, 3.8) is 0 Å². The summed E-state index contributed by atoms with van der Waals surface area (Å²) in [6, 6.07) is 25.2. The summed E-state index contributed by atoms with van der Waals surface area (Å²) in [6.07, 6.45) is 7.20. The second-order valence-electron chi connectivity index (χ2n) is 8.11. The number of fused-ring (bicyclic) bond motifs is 1. The normalized spacial score (nSPS) is 15.4. The molecule has 1 aliphatic rings. The van der Waals surface area contributed by atoms with E-state index in [1.807, 2.05) is 17.1 Å². The topological polar surface area (TPSA) is 53.4 Å². The van der Waals surface area contributed by atoms with Gasteiger partial charge in [-0.15, -0.1) is 11.8 Å². The highest BCUT2D eigenvalue weighted by atomic mass is 32.2. The molecule has 0 fully saturated rings. The van der Waals surface area contributed by atoms with Gasteiger partial charge in [-0.1, -0.05) is 48.5 Å². The van der Waals surface area contributed by atoms with Gasteiger partial charge in [-0.05, 0) is 65.9 Å². The number of aromatic nitrogens is 2. The molecule has 1 aromatic heterocycles. The van der Waals surface area contributed by atoms with Gasteiger partial charge in [-0.2, -0.15) is 5.10 Å². The van der Waals surface area contributed by atoms with Gasteiger partial charge in [0.25, 0.3) is 0 Å². The van der Waals surface area contributed by atoms with Gasteiger partial charge in [0.15, 0.2) is 5.11 Å². The minimum Gasteiger partial charge on any atom is -0.361 e. The molecule has 2 heterocycles. The first-order valence-corrected chi connectivity index (χ1v) is 12.9.